The minimum Gasteiger partial charge on any atom is -0.508 e. The van der Waals surface area contributed by atoms with Gasteiger partial charge in [0.2, 0.25) is 0 Å². The molecule has 4 heteroatoms. The van der Waals surface area contributed by atoms with E-state index in [-0.39, 0.29) is 5.75 Å². The summed E-state index contributed by atoms with van der Waals surface area (Å²) >= 11 is 0. The first-order valence-corrected chi connectivity index (χ1v) is 5.19. The first-order chi connectivity index (χ1) is 8.20. The van der Waals surface area contributed by atoms with Gasteiger partial charge in [0.25, 0.3) is 0 Å². The van der Waals surface area contributed by atoms with E-state index in [2.05, 4.69) is 16.8 Å². The van der Waals surface area contributed by atoms with Gasteiger partial charge in [-0.3, -0.25) is 0 Å². The van der Waals surface area contributed by atoms with Crippen molar-refractivity contribution in [3.8, 4) is 5.75 Å². The molecule has 86 valence electrons. The average molecular weight is 227 g/mol. The van der Waals surface area contributed by atoms with Crippen LogP contribution in [0.1, 0.15) is 12.5 Å². The summed E-state index contributed by atoms with van der Waals surface area (Å²) < 4.78 is 1.66. The van der Waals surface area contributed by atoms with Crippen LogP contribution in [0.25, 0.3) is 11.8 Å². The summed E-state index contributed by atoms with van der Waals surface area (Å²) in [5.74, 6) is 0.956. The van der Waals surface area contributed by atoms with Crippen molar-refractivity contribution in [3.63, 3.8) is 0 Å². The van der Waals surface area contributed by atoms with Gasteiger partial charge in [-0.2, -0.15) is 5.10 Å². The Morgan fingerprint density at radius 2 is 2.06 bits per heavy atom. The van der Waals surface area contributed by atoms with Crippen LogP contribution in [0.3, 0.4) is 0 Å². The molecule has 0 aliphatic carbocycles. The first kappa shape index (κ1) is 11.1. The highest BCUT2D eigenvalue weighted by molar-refractivity contribution is 5.74. The summed E-state index contributed by atoms with van der Waals surface area (Å²) in [7, 11) is 0. The Labute approximate surface area is 99.6 Å². The van der Waals surface area contributed by atoms with Gasteiger partial charge >= 0.3 is 0 Å². The molecule has 0 aliphatic heterocycles. The molecule has 0 atom stereocenters. The molecule has 0 aliphatic rings. The van der Waals surface area contributed by atoms with E-state index in [0.717, 1.165) is 11.1 Å². The molecule has 0 saturated carbocycles. The van der Waals surface area contributed by atoms with Crippen molar-refractivity contribution in [1.29, 1.82) is 0 Å². The van der Waals surface area contributed by atoms with Crippen molar-refractivity contribution in [2.24, 2.45) is 4.99 Å². The number of hydrogen-bond acceptors (Lipinski definition) is 3. The molecule has 0 spiro atoms. The fraction of sp³-hybridized carbons (Fsp3) is 0.0769. The van der Waals surface area contributed by atoms with Crippen molar-refractivity contribution < 1.29 is 5.11 Å². The lowest BCUT2D eigenvalue weighted by atomic mass is 10.1. The van der Waals surface area contributed by atoms with E-state index in [1.807, 2.05) is 25.3 Å². The number of aromatic nitrogens is 2. The molecule has 17 heavy (non-hydrogen) atoms. The summed E-state index contributed by atoms with van der Waals surface area (Å²) in [6.07, 6.45) is 3.54. The van der Waals surface area contributed by atoms with E-state index < -0.39 is 0 Å². The minimum absolute atomic E-state index is 0.258. The Morgan fingerprint density at radius 1 is 1.35 bits per heavy atom. The number of benzene rings is 1. The summed E-state index contributed by atoms with van der Waals surface area (Å²) in [6.45, 7) is 5.46. The van der Waals surface area contributed by atoms with E-state index in [1.165, 1.54) is 0 Å². The molecule has 1 N–H and O–H groups in total. The molecule has 1 aromatic carbocycles. The summed E-state index contributed by atoms with van der Waals surface area (Å²) in [5.41, 5.74) is 2.05. The molecule has 0 unspecified atom stereocenters. The Bertz CT molecular complexity index is 552. The molecule has 1 heterocycles. The maximum atomic E-state index is 9.22. The number of nitrogens with zero attached hydrogens (tertiary/aromatic N) is 3. The second kappa shape index (κ2) is 4.65. The van der Waals surface area contributed by atoms with Gasteiger partial charge < -0.3 is 5.11 Å². The lowest BCUT2D eigenvalue weighted by molar-refractivity contribution is 0.475. The summed E-state index contributed by atoms with van der Waals surface area (Å²) in [5, 5.41) is 13.3. The molecular weight excluding hydrogens is 214 g/mol. The summed E-state index contributed by atoms with van der Waals surface area (Å²) in [4.78, 5) is 3.86. The van der Waals surface area contributed by atoms with E-state index in [4.69, 9.17) is 0 Å². The van der Waals surface area contributed by atoms with E-state index in [1.54, 1.807) is 29.1 Å². The number of phenols is 1. The highest BCUT2D eigenvalue weighted by Crippen LogP contribution is 2.19. The monoisotopic (exact) mass is 227 g/mol. The van der Waals surface area contributed by atoms with E-state index in [9.17, 15) is 5.11 Å². The number of aromatic hydroxyl groups is 1. The van der Waals surface area contributed by atoms with Crippen LogP contribution in [-0.4, -0.2) is 21.6 Å². The Balaban J connectivity index is 2.34. The molecule has 2 rings (SSSR count). The van der Waals surface area contributed by atoms with E-state index in [0.29, 0.717) is 5.82 Å². The predicted molar refractivity (Wildman–Crippen MR) is 69.4 cm³/mol. The molecule has 0 fully saturated rings. The van der Waals surface area contributed by atoms with Crippen LogP contribution in [0.5, 0.6) is 5.75 Å². The highest BCUT2D eigenvalue weighted by atomic mass is 16.3. The van der Waals surface area contributed by atoms with Crippen LogP contribution in [0, 0.1) is 0 Å². The van der Waals surface area contributed by atoms with Gasteiger partial charge in [0.15, 0.2) is 5.82 Å². The molecular formula is C13H13N3O. The minimum atomic E-state index is 0.258. The zero-order valence-corrected chi connectivity index (χ0v) is 9.54. The van der Waals surface area contributed by atoms with Gasteiger partial charge in [0.1, 0.15) is 5.75 Å². The molecule has 0 radical (unpaired) electrons. The molecule has 1 aromatic heterocycles. The molecule has 0 saturated heterocycles. The average Bonchev–Trinajstić information content (AvgIpc) is 2.77. The summed E-state index contributed by atoms with van der Waals surface area (Å²) in [6, 6.07) is 8.80. The van der Waals surface area contributed by atoms with Crippen LogP contribution in [0.4, 0.5) is 5.82 Å². The number of allylic oxidation sites excluding steroid dienone is 1. The van der Waals surface area contributed by atoms with Crippen LogP contribution in [-0.2, 0) is 0 Å². The van der Waals surface area contributed by atoms with Gasteiger partial charge in [-0.15, -0.1) is 0 Å². The topological polar surface area (TPSA) is 50.4 Å². The second-order valence-corrected chi connectivity index (χ2v) is 3.65. The Morgan fingerprint density at radius 3 is 2.71 bits per heavy atom. The quantitative estimate of drug-likeness (QED) is 0.819. The molecule has 4 nitrogen and oxygen atoms in total. The van der Waals surface area contributed by atoms with Gasteiger partial charge in [-0.05, 0) is 36.9 Å². The third-order valence-electron chi connectivity index (χ3n) is 2.45. The fourth-order valence-corrected chi connectivity index (χ4v) is 1.51. The fourth-order valence-electron chi connectivity index (χ4n) is 1.51. The molecule has 0 amide bonds. The maximum absolute atomic E-state index is 9.22. The number of hydrogen-bond donors (Lipinski definition) is 1. The lowest BCUT2D eigenvalue weighted by Gasteiger charge is -2.03. The standard InChI is InChI=1S/C13H13N3O/c1-10(11-3-5-12(17)6-4-11)9-16-13(14-2)7-8-15-16/h3-9,17H,2H2,1H3/b10-9+. The van der Waals surface area contributed by atoms with Crippen LogP contribution < -0.4 is 0 Å². The number of aliphatic imine (C=N–C) groups is 1. The van der Waals surface area contributed by atoms with Crippen molar-refractivity contribution in [1.82, 2.24) is 9.78 Å². The van der Waals surface area contributed by atoms with Crippen molar-refractivity contribution >= 4 is 24.3 Å². The first-order valence-electron chi connectivity index (χ1n) is 5.19. The smallest absolute Gasteiger partial charge is 0.154 e. The zero-order valence-electron chi connectivity index (χ0n) is 9.54. The van der Waals surface area contributed by atoms with Crippen LogP contribution in [0.15, 0.2) is 41.5 Å². The predicted octanol–water partition coefficient (Wildman–Crippen LogP) is 2.94. The van der Waals surface area contributed by atoms with Crippen molar-refractivity contribution in [2.45, 2.75) is 6.92 Å². The van der Waals surface area contributed by atoms with Crippen molar-refractivity contribution in [3.05, 3.63) is 42.1 Å². The van der Waals surface area contributed by atoms with Gasteiger partial charge in [-0.1, -0.05) is 12.1 Å². The Hall–Kier alpha value is -2.36. The highest BCUT2D eigenvalue weighted by Gasteiger charge is 1.99. The second-order valence-electron chi connectivity index (χ2n) is 3.65. The molecule has 0 bridgehead atoms. The van der Waals surface area contributed by atoms with Gasteiger partial charge in [0.05, 0.1) is 6.20 Å². The third kappa shape index (κ3) is 2.42. The lowest BCUT2D eigenvalue weighted by Crippen LogP contribution is -1.89. The van der Waals surface area contributed by atoms with Crippen LogP contribution in [0.2, 0.25) is 0 Å². The zero-order chi connectivity index (χ0) is 12.3. The van der Waals surface area contributed by atoms with Gasteiger partial charge in [-0.25, -0.2) is 9.67 Å². The number of phenolic OH excluding ortho intramolecular Hbond substituents is 1. The van der Waals surface area contributed by atoms with E-state index >= 15 is 0 Å². The normalized spacial score (nSPS) is 11.5. The molecule has 2 aromatic rings. The van der Waals surface area contributed by atoms with Gasteiger partial charge in [0, 0.05) is 12.3 Å². The van der Waals surface area contributed by atoms with Crippen LogP contribution >= 0.6 is 0 Å². The largest absolute Gasteiger partial charge is 0.508 e. The third-order valence-corrected chi connectivity index (χ3v) is 2.45. The SMILES string of the molecule is C=Nc1ccnn1/C=C(\C)c1ccc(O)cc1. The van der Waals surface area contributed by atoms with Crippen molar-refractivity contribution in [2.75, 3.05) is 0 Å². The Kier molecular flexibility index (Phi) is 3.05. The number of rotatable bonds is 3. The maximum Gasteiger partial charge on any atom is 0.154 e.